The second-order valence-electron chi connectivity index (χ2n) is 8.13. The van der Waals surface area contributed by atoms with Gasteiger partial charge in [-0.3, -0.25) is 9.89 Å². The molecule has 0 radical (unpaired) electrons. The molecule has 0 saturated heterocycles. The molecule has 0 spiro atoms. The van der Waals surface area contributed by atoms with Crippen LogP contribution in [-0.2, 0) is 11.2 Å². The van der Waals surface area contributed by atoms with Crippen LogP contribution in [0.15, 0.2) is 18.2 Å². The zero-order chi connectivity index (χ0) is 18.7. The van der Waals surface area contributed by atoms with Crippen LogP contribution in [0.3, 0.4) is 0 Å². The molecule has 6 nitrogen and oxygen atoms in total. The molecule has 0 bridgehead atoms. The SMILES string of the molecule is Cc1ccc2c(c1)N(C(=O)c1n[nH]c3c1C[C@@H](C)O[C@H]3C)CCN2C1CC1. The number of rotatable bonds is 2. The molecule has 2 aromatic rings. The summed E-state index contributed by atoms with van der Waals surface area (Å²) in [5.41, 5.74) is 5.88. The van der Waals surface area contributed by atoms with Gasteiger partial charge < -0.3 is 14.5 Å². The van der Waals surface area contributed by atoms with E-state index >= 15 is 0 Å². The molecular weight excluding hydrogens is 340 g/mol. The maximum atomic E-state index is 13.5. The van der Waals surface area contributed by atoms with Gasteiger partial charge in [-0.15, -0.1) is 0 Å². The zero-order valence-electron chi connectivity index (χ0n) is 16.2. The lowest BCUT2D eigenvalue weighted by Crippen LogP contribution is -2.45. The minimum atomic E-state index is -0.0564. The molecule has 1 aliphatic carbocycles. The van der Waals surface area contributed by atoms with Crippen molar-refractivity contribution in [2.75, 3.05) is 22.9 Å². The van der Waals surface area contributed by atoms with E-state index in [4.69, 9.17) is 4.74 Å². The number of aromatic nitrogens is 2. The molecule has 1 saturated carbocycles. The fourth-order valence-electron chi connectivity index (χ4n) is 4.50. The number of nitrogens with one attached hydrogen (secondary N) is 1. The van der Waals surface area contributed by atoms with Gasteiger partial charge in [0.25, 0.3) is 5.91 Å². The largest absolute Gasteiger partial charge is 0.369 e. The number of anilines is 2. The fraction of sp³-hybridized carbons (Fsp3) is 0.524. The highest BCUT2D eigenvalue weighted by Crippen LogP contribution is 2.41. The van der Waals surface area contributed by atoms with E-state index in [1.165, 1.54) is 24.1 Å². The number of carbonyl (C=O) groups is 1. The Bertz CT molecular complexity index is 902. The predicted octanol–water partition coefficient (Wildman–Crippen LogP) is 3.37. The molecule has 142 valence electrons. The smallest absolute Gasteiger partial charge is 0.279 e. The lowest BCUT2D eigenvalue weighted by atomic mass is 9.99. The molecule has 27 heavy (non-hydrogen) atoms. The molecule has 3 heterocycles. The predicted molar refractivity (Wildman–Crippen MR) is 104 cm³/mol. The van der Waals surface area contributed by atoms with Gasteiger partial charge >= 0.3 is 0 Å². The highest BCUT2D eigenvalue weighted by molar-refractivity contribution is 6.08. The third-order valence-electron chi connectivity index (χ3n) is 5.96. The first-order valence-electron chi connectivity index (χ1n) is 9.94. The van der Waals surface area contributed by atoms with Crippen LogP contribution in [0.25, 0.3) is 0 Å². The van der Waals surface area contributed by atoms with E-state index in [9.17, 15) is 4.79 Å². The Labute approximate surface area is 159 Å². The average Bonchev–Trinajstić information content (AvgIpc) is 3.39. The van der Waals surface area contributed by atoms with Crippen LogP contribution < -0.4 is 9.80 Å². The highest BCUT2D eigenvalue weighted by Gasteiger charge is 2.38. The normalized spacial score (nSPS) is 24.6. The van der Waals surface area contributed by atoms with Crippen LogP contribution in [0, 0.1) is 6.92 Å². The number of fused-ring (bicyclic) bond motifs is 2. The van der Waals surface area contributed by atoms with Crippen LogP contribution in [0.2, 0.25) is 0 Å². The topological polar surface area (TPSA) is 61.5 Å². The van der Waals surface area contributed by atoms with Crippen LogP contribution in [0.4, 0.5) is 11.4 Å². The van der Waals surface area contributed by atoms with Crippen molar-refractivity contribution in [3.63, 3.8) is 0 Å². The second kappa shape index (κ2) is 6.09. The molecule has 3 aliphatic rings. The molecule has 2 aliphatic heterocycles. The number of hydrogen-bond acceptors (Lipinski definition) is 4. The average molecular weight is 366 g/mol. The number of amides is 1. The van der Waals surface area contributed by atoms with Gasteiger partial charge in [0.2, 0.25) is 0 Å². The van der Waals surface area contributed by atoms with Crippen molar-refractivity contribution in [3.05, 3.63) is 40.7 Å². The standard InChI is InChI=1S/C21H26N4O2/c1-12-4-7-17-18(10-12)25(9-8-24(17)15-5-6-15)21(26)20-16-11-13(2)27-14(3)19(16)22-23-20/h4,7,10,13-15H,5-6,8-9,11H2,1-3H3,(H,22,23)/t13-,14+/m1/s1. The summed E-state index contributed by atoms with van der Waals surface area (Å²) in [7, 11) is 0. The summed E-state index contributed by atoms with van der Waals surface area (Å²) in [6, 6.07) is 7.08. The van der Waals surface area contributed by atoms with E-state index in [1.807, 2.05) is 18.7 Å². The van der Waals surface area contributed by atoms with Gasteiger partial charge in [-0.05, 0) is 51.3 Å². The maximum Gasteiger partial charge on any atom is 0.279 e. The Balaban J connectivity index is 1.53. The van der Waals surface area contributed by atoms with Crippen molar-refractivity contribution >= 4 is 17.3 Å². The van der Waals surface area contributed by atoms with E-state index in [1.54, 1.807) is 0 Å². The van der Waals surface area contributed by atoms with Crippen LogP contribution >= 0.6 is 0 Å². The summed E-state index contributed by atoms with van der Waals surface area (Å²) < 4.78 is 5.87. The molecule has 1 aromatic carbocycles. The van der Waals surface area contributed by atoms with Gasteiger partial charge in [-0.25, -0.2) is 0 Å². The maximum absolute atomic E-state index is 13.5. The number of benzene rings is 1. The first-order valence-corrected chi connectivity index (χ1v) is 9.94. The van der Waals surface area contributed by atoms with Crippen LogP contribution in [0.1, 0.15) is 60.1 Å². The molecule has 5 rings (SSSR count). The van der Waals surface area contributed by atoms with E-state index < -0.39 is 0 Å². The zero-order valence-corrected chi connectivity index (χ0v) is 16.2. The first kappa shape index (κ1) is 16.8. The van der Waals surface area contributed by atoms with E-state index in [2.05, 4.69) is 40.2 Å². The molecule has 0 unspecified atom stereocenters. The minimum Gasteiger partial charge on any atom is -0.369 e. The van der Waals surface area contributed by atoms with Crippen molar-refractivity contribution in [2.45, 2.75) is 58.3 Å². The fourth-order valence-corrected chi connectivity index (χ4v) is 4.50. The molecule has 6 heteroatoms. The second-order valence-corrected chi connectivity index (χ2v) is 8.13. The Morgan fingerprint density at radius 2 is 2.04 bits per heavy atom. The monoisotopic (exact) mass is 366 g/mol. The summed E-state index contributed by atoms with van der Waals surface area (Å²) in [4.78, 5) is 17.9. The van der Waals surface area contributed by atoms with Gasteiger partial charge in [0.05, 0.1) is 29.3 Å². The van der Waals surface area contributed by atoms with Gasteiger partial charge in [-0.1, -0.05) is 6.07 Å². The lowest BCUT2D eigenvalue weighted by Gasteiger charge is -2.38. The summed E-state index contributed by atoms with van der Waals surface area (Å²) in [6.45, 7) is 7.72. The van der Waals surface area contributed by atoms with Crippen LogP contribution in [-0.4, -0.2) is 41.3 Å². The number of hydrogen-bond donors (Lipinski definition) is 1. The Hall–Kier alpha value is -2.34. The van der Waals surface area contributed by atoms with E-state index in [-0.39, 0.29) is 18.1 Å². The number of aromatic amines is 1. The van der Waals surface area contributed by atoms with Crippen molar-refractivity contribution in [1.29, 1.82) is 0 Å². The van der Waals surface area contributed by atoms with E-state index in [0.717, 1.165) is 29.9 Å². The Morgan fingerprint density at radius 3 is 2.81 bits per heavy atom. The van der Waals surface area contributed by atoms with Crippen LogP contribution in [0.5, 0.6) is 0 Å². The number of H-pyrrole nitrogens is 1. The molecule has 2 atom stereocenters. The Morgan fingerprint density at radius 1 is 1.22 bits per heavy atom. The van der Waals surface area contributed by atoms with E-state index in [0.29, 0.717) is 18.3 Å². The van der Waals surface area contributed by atoms with Crippen molar-refractivity contribution < 1.29 is 9.53 Å². The number of ether oxygens (including phenoxy) is 1. The number of carbonyl (C=O) groups excluding carboxylic acids is 1. The summed E-state index contributed by atoms with van der Waals surface area (Å²) in [5.74, 6) is -0.00361. The van der Waals surface area contributed by atoms with Gasteiger partial charge in [-0.2, -0.15) is 5.10 Å². The van der Waals surface area contributed by atoms with Gasteiger partial charge in [0.15, 0.2) is 5.69 Å². The first-order chi connectivity index (χ1) is 13.0. The third-order valence-corrected chi connectivity index (χ3v) is 5.96. The molecule has 1 fully saturated rings. The molecule has 1 aromatic heterocycles. The van der Waals surface area contributed by atoms with Crippen molar-refractivity contribution in [1.82, 2.24) is 10.2 Å². The van der Waals surface area contributed by atoms with Gasteiger partial charge in [0.1, 0.15) is 0 Å². The number of nitrogens with zero attached hydrogens (tertiary/aromatic N) is 3. The summed E-state index contributed by atoms with van der Waals surface area (Å²) >= 11 is 0. The molecule has 1 N–H and O–H groups in total. The summed E-state index contributed by atoms with van der Waals surface area (Å²) in [6.07, 6.45) is 3.27. The minimum absolute atomic E-state index is 0.00361. The van der Waals surface area contributed by atoms with Gasteiger partial charge in [0, 0.05) is 31.1 Å². The van der Waals surface area contributed by atoms with Crippen molar-refractivity contribution in [2.24, 2.45) is 0 Å². The number of aryl methyl sites for hydroxylation is 1. The Kier molecular flexibility index (Phi) is 3.79. The highest BCUT2D eigenvalue weighted by atomic mass is 16.5. The lowest BCUT2D eigenvalue weighted by molar-refractivity contribution is -0.00696. The third kappa shape index (κ3) is 2.74. The molecule has 1 amide bonds. The molecular formula is C21H26N4O2. The van der Waals surface area contributed by atoms with Crippen molar-refractivity contribution in [3.8, 4) is 0 Å². The quantitative estimate of drug-likeness (QED) is 0.885. The summed E-state index contributed by atoms with van der Waals surface area (Å²) in [5, 5.41) is 7.47.